The minimum absolute atomic E-state index is 0.0845. The lowest BCUT2D eigenvalue weighted by molar-refractivity contribution is -0.136. The minimum atomic E-state index is -0.991. The Balaban J connectivity index is 1.50. The highest BCUT2D eigenvalue weighted by molar-refractivity contribution is 7.96. The molecule has 3 rings (SSSR count). The lowest BCUT2D eigenvalue weighted by Gasteiger charge is -2.53. The Hall–Kier alpha value is -3.32. The molecule has 0 radical (unpaired) electrons. The van der Waals surface area contributed by atoms with Gasteiger partial charge in [0, 0.05) is 38.0 Å². The summed E-state index contributed by atoms with van der Waals surface area (Å²) < 4.78 is 7.65. The molecular formula is C32H50N6O6S. The highest BCUT2D eigenvalue weighted by Crippen LogP contribution is 2.42. The van der Waals surface area contributed by atoms with Gasteiger partial charge in [-0.1, -0.05) is 56.1 Å². The summed E-state index contributed by atoms with van der Waals surface area (Å²) in [6.07, 6.45) is 3.79. The number of carbonyl (C=O) groups is 5. The number of piperidine rings is 1. The summed E-state index contributed by atoms with van der Waals surface area (Å²) in [6, 6.07) is 7.30. The van der Waals surface area contributed by atoms with E-state index in [1.54, 1.807) is 37.6 Å². The molecule has 2 heterocycles. The zero-order valence-electron chi connectivity index (χ0n) is 27.4. The van der Waals surface area contributed by atoms with Gasteiger partial charge in [-0.25, -0.2) is 9.10 Å². The van der Waals surface area contributed by atoms with Gasteiger partial charge in [0.15, 0.2) is 0 Å². The van der Waals surface area contributed by atoms with Crippen molar-refractivity contribution in [3.63, 3.8) is 0 Å². The predicted molar refractivity (Wildman–Crippen MR) is 174 cm³/mol. The van der Waals surface area contributed by atoms with Gasteiger partial charge in [0.1, 0.15) is 17.7 Å². The van der Waals surface area contributed by atoms with Gasteiger partial charge in [-0.15, -0.1) is 0 Å². The maximum Gasteiger partial charge on any atom is 0.408 e. The zero-order chi connectivity index (χ0) is 33.2. The van der Waals surface area contributed by atoms with Crippen LogP contribution in [0.15, 0.2) is 30.3 Å². The second kappa shape index (κ2) is 16.3. The number of ether oxygens (including phenoxy) is 1. The standard InChI is InChI=1S/C32H50N6O6S/c1-22(2)16-24(28(41)34-19-27(40)37-14-12-32(13-15-37)20-38(21-32)45-6)35-26(39)18-33-29(42)25(17-23-10-8-7-9-11-23)36-30(43)44-31(3,4)5/h7-11,22,24-25H,12-21H2,1-6H3,(H,33,42)(H,34,41)(H,35,39)(H,36,43)/t24?,25-/m1/s1. The van der Waals surface area contributed by atoms with E-state index in [1.807, 2.05) is 44.2 Å². The summed E-state index contributed by atoms with van der Waals surface area (Å²) in [5.74, 6) is -1.63. The Bertz CT molecular complexity index is 1170. The molecule has 250 valence electrons. The normalized spacial score (nSPS) is 17.5. The molecule has 0 bridgehead atoms. The molecule has 0 saturated carbocycles. The van der Waals surface area contributed by atoms with Gasteiger partial charge in [-0.3, -0.25) is 19.2 Å². The van der Waals surface area contributed by atoms with E-state index in [1.165, 1.54) is 0 Å². The summed E-state index contributed by atoms with van der Waals surface area (Å²) >= 11 is 1.75. The van der Waals surface area contributed by atoms with Gasteiger partial charge < -0.3 is 30.9 Å². The first-order chi connectivity index (χ1) is 21.2. The van der Waals surface area contributed by atoms with Crippen LogP contribution in [0, 0.1) is 11.3 Å². The molecule has 2 aliphatic heterocycles. The maximum atomic E-state index is 13.1. The Labute approximate surface area is 271 Å². The average molecular weight is 647 g/mol. The number of likely N-dealkylation sites (tertiary alicyclic amines) is 1. The van der Waals surface area contributed by atoms with Crippen LogP contribution in [-0.2, 0) is 30.3 Å². The van der Waals surface area contributed by atoms with Crippen LogP contribution in [0.4, 0.5) is 4.79 Å². The first kappa shape index (κ1) is 36.2. The first-order valence-electron chi connectivity index (χ1n) is 15.6. The Morgan fingerprint density at radius 2 is 1.51 bits per heavy atom. The van der Waals surface area contributed by atoms with E-state index >= 15 is 0 Å². The number of carbonyl (C=O) groups excluding carboxylic acids is 5. The van der Waals surface area contributed by atoms with Crippen molar-refractivity contribution in [2.24, 2.45) is 11.3 Å². The number of nitrogens with one attached hydrogen (secondary N) is 4. The van der Waals surface area contributed by atoms with Crippen molar-refractivity contribution in [1.29, 1.82) is 0 Å². The van der Waals surface area contributed by atoms with Crippen LogP contribution in [0.3, 0.4) is 0 Å². The van der Waals surface area contributed by atoms with Crippen LogP contribution in [0.1, 0.15) is 59.4 Å². The molecule has 2 aliphatic rings. The molecule has 1 aromatic carbocycles. The van der Waals surface area contributed by atoms with E-state index in [4.69, 9.17) is 4.74 Å². The number of hydrogen-bond donors (Lipinski definition) is 4. The van der Waals surface area contributed by atoms with Crippen LogP contribution in [0.2, 0.25) is 0 Å². The van der Waals surface area contributed by atoms with Crippen molar-refractivity contribution in [3.8, 4) is 0 Å². The molecule has 1 aromatic rings. The highest BCUT2D eigenvalue weighted by Gasteiger charge is 2.45. The lowest BCUT2D eigenvalue weighted by Crippen LogP contribution is -2.59. The third kappa shape index (κ3) is 11.8. The van der Waals surface area contributed by atoms with Crippen molar-refractivity contribution >= 4 is 41.7 Å². The molecule has 4 N–H and O–H groups in total. The molecule has 45 heavy (non-hydrogen) atoms. The number of alkyl carbamates (subject to hydrolysis) is 1. The Morgan fingerprint density at radius 3 is 2.09 bits per heavy atom. The van der Waals surface area contributed by atoms with E-state index in [2.05, 4.69) is 31.8 Å². The topological polar surface area (TPSA) is 149 Å². The van der Waals surface area contributed by atoms with E-state index in [0.29, 0.717) is 24.9 Å². The number of hydrogen-bond acceptors (Lipinski definition) is 8. The third-order valence-corrected chi connectivity index (χ3v) is 8.72. The maximum absolute atomic E-state index is 13.1. The quantitative estimate of drug-likeness (QED) is 0.238. The highest BCUT2D eigenvalue weighted by atomic mass is 32.2. The largest absolute Gasteiger partial charge is 0.444 e. The second-order valence-electron chi connectivity index (χ2n) is 13.4. The van der Waals surface area contributed by atoms with E-state index in [-0.39, 0.29) is 24.8 Å². The van der Waals surface area contributed by atoms with Crippen molar-refractivity contribution < 1.29 is 28.7 Å². The summed E-state index contributed by atoms with van der Waals surface area (Å²) in [7, 11) is 0. The molecule has 0 aliphatic carbocycles. The molecule has 2 saturated heterocycles. The Kier molecular flexibility index (Phi) is 13.1. The van der Waals surface area contributed by atoms with Gasteiger partial charge in [-0.2, -0.15) is 0 Å². The summed E-state index contributed by atoms with van der Waals surface area (Å²) in [5.41, 5.74) is 0.367. The summed E-state index contributed by atoms with van der Waals surface area (Å²) in [4.78, 5) is 66.1. The zero-order valence-corrected chi connectivity index (χ0v) is 28.3. The molecule has 12 nitrogen and oxygen atoms in total. The van der Waals surface area contributed by atoms with Crippen LogP contribution in [-0.4, -0.2) is 102 Å². The molecule has 2 atom stereocenters. The van der Waals surface area contributed by atoms with Crippen LogP contribution >= 0.6 is 11.9 Å². The van der Waals surface area contributed by atoms with Gasteiger partial charge in [0.2, 0.25) is 23.6 Å². The number of nitrogens with zero attached hydrogens (tertiary/aromatic N) is 2. The van der Waals surface area contributed by atoms with Gasteiger partial charge >= 0.3 is 6.09 Å². The number of rotatable bonds is 13. The van der Waals surface area contributed by atoms with Crippen LogP contribution in [0.25, 0.3) is 0 Å². The molecule has 5 amide bonds. The van der Waals surface area contributed by atoms with Crippen LogP contribution < -0.4 is 21.3 Å². The molecule has 2 fully saturated rings. The van der Waals surface area contributed by atoms with Crippen molar-refractivity contribution in [1.82, 2.24) is 30.5 Å². The van der Waals surface area contributed by atoms with Crippen LogP contribution in [0.5, 0.6) is 0 Å². The lowest BCUT2D eigenvalue weighted by atomic mass is 9.73. The monoisotopic (exact) mass is 646 g/mol. The third-order valence-electron chi connectivity index (χ3n) is 7.94. The molecule has 0 aromatic heterocycles. The smallest absolute Gasteiger partial charge is 0.408 e. The fourth-order valence-corrected chi connectivity index (χ4v) is 6.33. The first-order valence-corrected chi connectivity index (χ1v) is 16.8. The fourth-order valence-electron chi connectivity index (χ4n) is 5.52. The number of benzene rings is 1. The molecule has 1 unspecified atom stereocenters. The predicted octanol–water partition coefficient (Wildman–Crippen LogP) is 2.09. The van der Waals surface area contributed by atoms with E-state index < -0.39 is 48.0 Å². The fraction of sp³-hybridized carbons (Fsp3) is 0.656. The summed E-state index contributed by atoms with van der Waals surface area (Å²) in [6.45, 7) is 11.9. The van der Waals surface area contributed by atoms with Gasteiger partial charge in [-0.05, 0) is 57.8 Å². The molecule has 1 spiro atoms. The average Bonchev–Trinajstić information content (AvgIpc) is 2.96. The van der Waals surface area contributed by atoms with Crippen molar-refractivity contribution in [3.05, 3.63) is 35.9 Å². The molecular weight excluding hydrogens is 596 g/mol. The Morgan fingerprint density at radius 1 is 0.911 bits per heavy atom. The SMILES string of the molecule is CSN1CC2(CCN(C(=O)CNC(=O)C(CC(C)C)NC(=O)CNC(=O)[C@@H](Cc3ccccc3)NC(=O)OC(C)(C)C)CC2)C1. The van der Waals surface area contributed by atoms with Gasteiger partial charge in [0.25, 0.3) is 0 Å². The van der Waals surface area contributed by atoms with Gasteiger partial charge in [0.05, 0.1) is 13.1 Å². The second-order valence-corrected chi connectivity index (χ2v) is 14.3. The van der Waals surface area contributed by atoms with E-state index in [0.717, 1.165) is 31.5 Å². The van der Waals surface area contributed by atoms with Crippen molar-refractivity contribution in [2.75, 3.05) is 45.5 Å². The number of amides is 5. The summed E-state index contributed by atoms with van der Waals surface area (Å²) in [5, 5.41) is 10.6. The van der Waals surface area contributed by atoms with Crippen molar-refractivity contribution in [2.45, 2.75) is 78.0 Å². The van der Waals surface area contributed by atoms with E-state index in [9.17, 15) is 24.0 Å². The molecule has 13 heteroatoms. The minimum Gasteiger partial charge on any atom is -0.444 e.